The van der Waals surface area contributed by atoms with E-state index in [4.69, 9.17) is 16.3 Å². The highest BCUT2D eigenvalue weighted by atomic mass is 35.5. The zero-order valence-electron chi connectivity index (χ0n) is 17.5. The molecule has 3 aromatic carbocycles. The number of benzene rings is 3. The molecule has 0 fully saturated rings. The topological polar surface area (TPSA) is 51.5 Å². The molecule has 4 nitrogen and oxygen atoms in total. The molecule has 0 bridgehead atoms. The zero-order valence-corrected chi connectivity index (χ0v) is 19.1. The maximum Gasteiger partial charge on any atom is 0.162 e. The van der Waals surface area contributed by atoms with Gasteiger partial charge in [-0.25, -0.2) is 0 Å². The molecule has 1 heterocycles. The molecule has 0 aliphatic carbocycles. The number of fused-ring (bicyclic) bond motifs is 1. The van der Waals surface area contributed by atoms with Crippen LogP contribution in [0.2, 0.25) is 5.02 Å². The minimum atomic E-state index is -0.0295. The first kappa shape index (κ1) is 21.3. The van der Waals surface area contributed by atoms with Crippen LogP contribution in [-0.2, 0) is 5.75 Å². The van der Waals surface area contributed by atoms with E-state index in [1.807, 2.05) is 61.5 Å². The summed E-state index contributed by atoms with van der Waals surface area (Å²) in [6, 6.07) is 18.9. The zero-order chi connectivity index (χ0) is 22.1. The number of phenolic OH excluding ortho intramolecular Hbond substituents is 1. The third-order valence-corrected chi connectivity index (χ3v) is 6.62. The van der Waals surface area contributed by atoms with Gasteiger partial charge in [0.15, 0.2) is 5.78 Å². The van der Waals surface area contributed by atoms with Gasteiger partial charge in [-0.15, -0.1) is 11.8 Å². The van der Waals surface area contributed by atoms with E-state index >= 15 is 0 Å². The summed E-state index contributed by atoms with van der Waals surface area (Å²) < 4.78 is 7.33. The predicted molar refractivity (Wildman–Crippen MR) is 127 cm³/mol. The van der Waals surface area contributed by atoms with E-state index < -0.39 is 0 Å². The summed E-state index contributed by atoms with van der Waals surface area (Å²) in [5.41, 5.74) is 4.04. The number of ketones is 1. The van der Waals surface area contributed by atoms with Crippen LogP contribution in [0.5, 0.6) is 11.5 Å². The molecule has 0 amide bonds. The van der Waals surface area contributed by atoms with E-state index in [0.29, 0.717) is 16.3 Å². The van der Waals surface area contributed by atoms with Gasteiger partial charge < -0.3 is 14.4 Å². The van der Waals surface area contributed by atoms with Gasteiger partial charge in [0.2, 0.25) is 0 Å². The summed E-state index contributed by atoms with van der Waals surface area (Å²) in [5, 5.41) is 12.2. The summed E-state index contributed by atoms with van der Waals surface area (Å²) in [6.07, 6.45) is 0. The summed E-state index contributed by atoms with van der Waals surface area (Å²) in [7, 11) is 1.63. The average Bonchev–Trinajstić information content (AvgIpc) is 3.06. The first-order valence-corrected chi connectivity index (χ1v) is 11.2. The number of halogens is 1. The summed E-state index contributed by atoms with van der Waals surface area (Å²) in [5.74, 6) is 1.45. The molecule has 0 aliphatic heterocycles. The Bertz CT molecular complexity index is 1260. The Kier molecular flexibility index (Phi) is 5.99. The Labute approximate surface area is 190 Å². The molecule has 0 saturated carbocycles. The Morgan fingerprint density at radius 3 is 2.35 bits per heavy atom. The van der Waals surface area contributed by atoms with E-state index in [9.17, 15) is 9.90 Å². The molecule has 0 unspecified atom stereocenters. The quantitative estimate of drug-likeness (QED) is 0.258. The smallest absolute Gasteiger partial charge is 0.162 e. The van der Waals surface area contributed by atoms with Crippen molar-refractivity contribution < 1.29 is 14.6 Å². The van der Waals surface area contributed by atoms with E-state index in [1.54, 1.807) is 31.9 Å². The van der Waals surface area contributed by atoms with E-state index in [1.165, 1.54) is 0 Å². The summed E-state index contributed by atoms with van der Waals surface area (Å²) in [6.45, 7) is 3.51. The van der Waals surface area contributed by atoms with Crippen LogP contribution < -0.4 is 4.74 Å². The van der Waals surface area contributed by atoms with Crippen molar-refractivity contribution in [3.05, 3.63) is 82.5 Å². The van der Waals surface area contributed by atoms with Gasteiger partial charge >= 0.3 is 0 Å². The second-order valence-electron chi connectivity index (χ2n) is 7.25. The third-order valence-electron chi connectivity index (χ3n) is 5.33. The lowest BCUT2D eigenvalue weighted by Crippen LogP contribution is -2.00. The maximum atomic E-state index is 12.7. The van der Waals surface area contributed by atoms with Crippen molar-refractivity contribution in [2.45, 2.75) is 24.5 Å². The molecule has 0 spiro atoms. The standard InChI is InChI=1S/C25H22ClNO3S/c1-15-24(16(2)28)25-21(14-31-20-10-4-17(26)5-11-20)23(29)13-12-22(25)27(15)18-6-8-19(30-3)9-7-18/h4-13,29H,14H2,1-3H3. The number of aromatic nitrogens is 1. The Hall–Kier alpha value is -2.89. The van der Waals surface area contributed by atoms with Gasteiger partial charge in [0, 0.05) is 43.6 Å². The molecule has 4 rings (SSSR count). The fraction of sp³-hybridized carbons (Fsp3) is 0.160. The SMILES string of the molecule is COc1ccc(-n2c(C)c(C(C)=O)c3c(CSc4ccc(Cl)cc4)c(O)ccc32)cc1. The lowest BCUT2D eigenvalue weighted by atomic mass is 10.0. The number of rotatable bonds is 6. The molecule has 1 N–H and O–H groups in total. The molecular formula is C25H22ClNO3S. The van der Waals surface area contributed by atoms with Gasteiger partial charge in [-0.1, -0.05) is 11.6 Å². The fourth-order valence-corrected chi connectivity index (χ4v) is 4.95. The number of methoxy groups -OCH3 is 1. The van der Waals surface area contributed by atoms with Crippen LogP contribution in [0, 0.1) is 6.92 Å². The van der Waals surface area contributed by atoms with Crippen molar-refractivity contribution in [3.8, 4) is 17.2 Å². The van der Waals surface area contributed by atoms with Gasteiger partial charge in [0.1, 0.15) is 11.5 Å². The van der Waals surface area contributed by atoms with Crippen LogP contribution >= 0.6 is 23.4 Å². The van der Waals surface area contributed by atoms with Crippen LogP contribution in [0.15, 0.2) is 65.6 Å². The van der Waals surface area contributed by atoms with Gasteiger partial charge in [-0.3, -0.25) is 4.79 Å². The lowest BCUT2D eigenvalue weighted by Gasteiger charge is -2.11. The van der Waals surface area contributed by atoms with Crippen LogP contribution in [-0.4, -0.2) is 22.6 Å². The highest BCUT2D eigenvalue weighted by Crippen LogP contribution is 2.39. The molecule has 0 saturated heterocycles. The minimum absolute atomic E-state index is 0.0295. The minimum Gasteiger partial charge on any atom is -0.508 e. The molecule has 4 aromatic rings. The second-order valence-corrected chi connectivity index (χ2v) is 8.74. The first-order valence-electron chi connectivity index (χ1n) is 9.80. The van der Waals surface area contributed by atoms with Gasteiger partial charge in [0.05, 0.1) is 12.6 Å². The van der Waals surface area contributed by atoms with Crippen molar-refractivity contribution in [3.63, 3.8) is 0 Å². The van der Waals surface area contributed by atoms with Crippen LogP contribution in [0.1, 0.15) is 28.5 Å². The van der Waals surface area contributed by atoms with Crippen LogP contribution in [0.25, 0.3) is 16.6 Å². The van der Waals surface area contributed by atoms with Crippen molar-refractivity contribution >= 4 is 40.0 Å². The van der Waals surface area contributed by atoms with Crippen LogP contribution in [0.4, 0.5) is 0 Å². The van der Waals surface area contributed by atoms with E-state index in [2.05, 4.69) is 4.57 Å². The number of aromatic hydroxyl groups is 1. The largest absolute Gasteiger partial charge is 0.508 e. The van der Waals surface area contributed by atoms with E-state index in [0.717, 1.165) is 38.5 Å². The summed E-state index contributed by atoms with van der Waals surface area (Å²) >= 11 is 7.58. The normalized spacial score (nSPS) is 11.1. The number of carbonyl (C=O) groups excluding carboxylic acids is 1. The molecule has 0 radical (unpaired) electrons. The van der Waals surface area contributed by atoms with Gasteiger partial charge in [-0.05, 0) is 74.5 Å². The molecule has 31 heavy (non-hydrogen) atoms. The Balaban J connectivity index is 1.87. The van der Waals surface area contributed by atoms with Crippen molar-refractivity contribution in [1.82, 2.24) is 4.57 Å². The molecule has 0 aliphatic rings. The second kappa shape index (κ2) is 8.69. The number of Topliss-reactive ketones (excluding diaryl/α,β-unsaturated/α-hetero) is 1. The number of nitrogens with zero attached hydrogens (tertiary/aromatic N) is 1. The van der Waals surface area contributed by atoms with Gasteiger partial charge in [0.25, 0.3) is 0 Å². The van der Waals surface area contributed by atoms with Gasteiger partial charge in [-0.2, -0.15) is 0 Å². The highest BCUT2D eigenvalue weighted by Gasteiger charge is 2.23. The Morgan fingerprint density at radius 1 is 1.06 bits per heavy atom. The molecule has 1 aromatic heterocycles. The van der Waals surface area contributed by atoms with Crippen molar-refractivity contribution in [1.29, 1.82) is 0 Å². The number of phenols is 1. The van der Waals surface area contributed by atoms with Crippen molar-refractivity contribution in [2.24, 2.45) is 0 Å². The molecule has 0 atom stereocenters. The van der Waals surface area contributed by atoms with Crippen molar-refractivity contribution in [2.75, 3.05) is 7.11 Å². The molecule has 6 heteroatoms. The average molecular weight is 452 g/mol. The highest BCUT2D eigenvalue weighted by molar-refractivity contribution is 7.98. The number of hydrogen-bond acceptors (Lipinski definition) is 4. The number of carbonyl (C=O) groups is 1. The number of ether oxygens (including phenoxy) is 1. The first-order chi connectivity index (χ1) is 14.9. The van der Waals surface area contributed by atoms with E-state index in [-0.39, 0.29) is 11.5 Å². The number of hydrogen-bond donors (Lipinski definition) is 1. The monoisotopic (exact) mass is 451 g/mol. The summed E-state index contributed by atoms with van der Waals surface area (Å²) in [4.78, 5) is 13.7. The lowest BCUT2D eigenvalue weighted by molar-refractivity contribution is 0.101. The predicted octanol–water partition coefficient (Wildman–Crippen LogP) is 6.80. The third kappa shape index (κ3) is 4.03. The molecular weight excluding hydrogens is 430 g/mol. The fourth-order valence-electron chi connectivity index (χ4n) is 3.89. The molecule has 158 valence electrons. The Morgan fingerprint density at radius 2 is 1.74 bits per heavy atom. The maximum absolute atomic E-state index is 12.7. The van der Waals surface area contributed by atoms with Crippen LogP contribution in [0.3, 0.4) is 0 Å². The number of thioether (sulfide) groups is 1.